The fourth-order valence-corrected chi connectivity index (χ4v) is 1.63. The van der Waals surface area contributed by atoms with Gasteiger partial charge in [0, 0.05) is 12.4 Å². The Morgan fingerprint density at radius 3 is 3.00 bits per heavy atom. The maximum absolute atomic E-state index is 11.8. The van der Waals surface area contributed by atoms with Gasteiger partial charge in [-0.1, -0.05) is 12.1 Å². The van der Waals surface area contributed by atoms with Crippen molar-refractivity contribution in [3.8, 4) is 5.75 Å². The summed E-state index contributed by atoms with van der Waals surface area (Å²) in [5.41, 5.74) is 0.989. The SMILES string of the molecule is COc1cccc([C@H](C)NC(=O)n2ccnc2)c1. The number of benzene rings is 1. The molecule has 1 amide bonds. The van der Waals surface area contributed by atoms with E-state index in [9.17, 15) is 4.79 Å². The molecular formula is C13H15N3O2. The van der Waals surface area contributed by atoms with E-state index in [0.29, 0.717) is 0 Å². The molecule has 0 spiro atoms. The van der Waals surface area contributed by atoms with Crippen molar-refractivity contribution < 1.29 is 9.53 Å². The largest absolute Gasteiger partial charge is 0.497 e. The van der Waals surface area contributed by atoms with Gasteiger partial charge in [-0.25, -0.2) is 9.78 Å². The van der Waals surface area contributed by atoms with Gasteiger partial charge in [0.25, 0.3) is 0 Å². The maximum atomic E-state index is 11.8. The van der Waals surface area contributed by atoms with Gasteiger partial charge in [-0.05, 0) is 24.6 Å². The summed E-state index contributed by atoms with van der Waals surface area (Å²) in [7, 11) is 1.62. The number of amides is 1. The first-order chi connectivity index (χ1) is 8.70. The summed E-state index contributed by atoms with van der Waals surface area (Å²) in [5, 5.41) is 2.88. The Morgan fingerprint density at radius 2 is 2.33 bits per heavy atom. The van der Waals surface area contributed by atoms with Crippen LogP contribution < -0.4 is 10.1 Å². The molecule has 1 heterocycles. The fourth-order valence-electron chi connectivity index (χ4n) is 1.63. The highest BCUT2D eigenvalue weighted by Crippen LogP contribution is 2.18. The second-order valence-corrected chi connectivity index (χ2v) is 3.92. The Labute approximate surface area is 105 Å². The van der Waals surface area contributed by atoms with Crippen LogP contribution in [0.1, 0.15) is 18.5 Å². The molecule has 1 aromatic carbocycles. The lowest BCUT2D eigenvalue weighted by molar-refractivity contribution is 0.239. The van der Waals surface area contributed by atoms with E-state index >= 15 is 0 Å². The van der Waals surface area contributed by atoms with Crippen molar-refractivity contribution in [3.05, 3.63) is 48.5 Å². The van der Waals surface area contributed by atoms with Crippen LogP contribution in [-0.2, 0) is 0 Å². The average Bonchev–Trinajstić information content (AvgIpc) is 2.92. The van der Waals surface area contributed by atoms with Crippen molar-refractivity contribution in [2.45, 2.75) is 13.0 Å². The van der Waals surface area contributed by atoms with Crippen molar-refractivity contribution in [1.82, 2.24) is 14.9 Å². The molecule has 0 bridgehead atoms. The maximum Gasteiger partial charge on any atom is 0.327 e. The summed E-state index contributed by atoms with van der Waals surface area (Å²) in [6.07, 6.45) is 4.64. The van der Waals surface area contributed by atoms with Crippen molar-refractivity contribution in [2.24, 2.45) is 0 Å². The number of hydrogen-bond acceptors (Lipinski definition) is 3. The van der Waals surface area contributed by atoms with Gasteiger partial charge in [0.2, 0.25) is 0 Å². The van der Waals surface area contributed by atoms with Crippen molar-refractivity contribution in [2.75, 3.05) is 7.11 Å². The van der Waals surface area contributed by atoms with Gasteiger partial charge in [0.1, 0.15) is 12.1 Å². The van der Waals surface area contributed by atoms with Crippen molar-refractivity contribution >= 4 is 6.03 Å². The van der Waals surface area contributed by atoms with E-state index in [2.05, 4.69) is 10.3 Å². The van der Waals surface area contributed by atoms with Crippen LogP contribution in [0.15, 0.2) is 43.0 Å². The number of carbonyl (C=O) groups is 1. The third kappa shape index (κ3) is 2.68. The van der Waals surface area contributed by atoms with Crippen LogP contribution in [0, 0.1) is 0 Å². The molecular weight excluding hydrogens is 230 g/mol. The Bertz CT molecular complexity index is 523. The third-order valence-corrected chi connectivity index (χ3v) is 2.67. The fraction of sp³-hybridized carbons (Fsp3) is 0.231. The smallest absolute Gasteiger partial charge is 0.327 e. The van der Waals surface area contributed by atoms with Crippen LogP contribution >= 0.6 is 0 Å². The summed E-state index contributed by atoms with van der Waals surface area (Å²) >= 11 is 0. The molecule has 0 saturated heterocycles. The van der Waals surface area contributed by atoms with E-state index in [4.69, 9.17) is 4.74 Å². The summed E-state index contributed by atoms with van der Waals surface area (Å²) in [4.78, 5) is 15.7. The van der Waals surface area contributed by atoms with Gasteiger partial charge >= 0.3 is 6.03 Å². The Kier molecular flexibility index (Phi) is 3.62. The lowest BCUT2D eigenvalue weighted by atomic mass is 10.1. The first-order valence-corrected chi connectivity index (χ1v) is 5.63. The minimum atomic E-state index is -0.206. The lowest BCUT2D eigenvalue weighted by Gasteiger charge is -2.15. The zero-order valence-corrected chi connectivity index (χ0v) is 10.3. The number of aromatic nitrogens is 2. The third-order valence-electron chi connectivity index (χ3n) is 2.67. The number of carbonyl (C=O) groups excluding carboxylic acids is 1. The quantitative estimate of drug-likeness (QED) is 0.902. The first-order valence-electron chi connectivity index (χ1n) is 5.63. The van der Waals surface area contributed by atoms with E-state index in [1.54, 1.807) is 19.5 Å². The van der Waals surface area contributed by atoms with Gasteiger partial charge in [-0.2, -0.15) is 0 Å². The second-order valence-electron chi connectivity index (χ2n) is 3.92. The van der Waals surface area contributed by atoms with E-state index in [1.807, 2.05) is 31.2 Å². The first kappa shape index (κ1) is 12.2. The van der Waals surface area contributed by atoms with E-state index < -0.39 is 0 Å². The van der Waals surface area contributed by atoms with Gasteiger partial charge in [-0.15, -0.1) is 0 Å². The standard InChI is InChI=1S/C13H15N3O2/c1-10(11-4-3-5-12(8-11)18-2)15-13(17)16-7-6-14-9-16/h3-10H,1-2H3,(H,15,17)/t10-/m0/s1. The van der Waals surface area contributed by atoms with Crippen LogP contribution in [0.4, 0.5) is 4.79 Å². The van der Waals surface area contributed by atoms with E-state index in [0.717, 1.165) is 11.3 Å². The average molecular weight is 245 g/mol. The van der Waals surface area contributed by atoms with Crippen LogP contribution in [0.3, 0.4) is 0 Å². The second kappa shape index (κ2) is 5.35. The molecule has 1 N–H and O–H groups in total. The molecule has 94 valence electrons. The number of ether oxygens (including phenoxy) is 1. The molecule has 18 heavy (non-hydrogen) atoms. The zero-order valence-electron chi connectivity index (χ0n) is 10.3. The van der Waals surface area contributed by atoms with E-state index in [-0.39, 0.29) is 12.1 Å². The highest BCUT2D eigenvalue weighted by atomic mass is 16.5. The topological polar surface area (TPSA) is 56.1 Å². The molecule has 2 rings (SSSR count). The molecule has 1 atom stereocenters. The number of hydrogen-bond donors (Lipinski definition) is 1. The van der Waals surface area contributed by atoms with Crippen LogP contribution in [0.2, 0.25) is 0 Å². The number of imidazole rings is 1. The monoisotopic (exact) mass is 245 g/mol. The molecule has 1 aromatic heterocycles. The van der Waals surface area contributed by atoms with Gasteiger partial charge in [-0.3, -0.25) is 4.57 Å². The molecule has 0 aliphatic rings. The molecule has 0 aliphatic carbocycles. The van der Waals surface area contributed by atoms with Crippen LogP contribution in [-0.4, -0.2) is 22.7 Å². The summed E-state index contributed by atoms with van der Waals surface area (Å²) in [6, 6.07) is 7.31. The molecule has 0 radical (unpaired) electrons. The number of nitrogens with one attached hydrogen (secondary N) is 1. The number of rotatable bonds is 3. The number of nitrogens with zero attached hydrogens (tertiary/aromatic N) is 2. The molecule has 0 aliphatic heterocycles. The minimum Gasteiger partial charge on any atom is -0.497 e. The predicted molar refractivity (Wildman–Crippen MR) is 67.6 cm³/mol. The van der Waals surface area contributed by atoms with Gasteiger partial charge in [0.15, 0.2) is 0 Å². The Balaban J connectivity index is 2.07. The normalized spacial score (nSPS) is 11.9. The Morgan fingerprint density at radius 1 is 1.50 bits per heavy atom. The predicted octanol–water partition coefficient (Wildman–Crippen LogP) is 2.21. The summed E-state index contributed by atoms with van der Waals surface area (Å²) in [5.74, 6) is 0.774. The van der Waals surface area contributed by atoms with Gasteiger partial charge < -0.3 is 10.1 Å². The van der Waals surface area contributed by atoms with Gasteiger partial charge in [0.05, 0.1) is 13.2 Å². The van der Waals surface area contributed by atoms with Crippen LogP contribution in [0.25, 0.3) is 0 Å². The molecule has 0 saturated carbocycles. The highest BCUT2D eigenvalue weighted by Gasteiger charge is 2.11. The van der Waals surface area contributed by atoms with Crippen LogP contribution in [0.5, 0.6) is 5.75 Å². The summed E-state index contributed by atoms with van der Waals surface area (Å²) in [6.45, 7) is 1.92. The van der Waals surface area contributed by atoms with E-state index in [1.165, 1.54) is 10.9 Å². The lowest BCUT2D eigenvalue weighted by Crippen LogP contribution is -2.30. The summed E-state index contributed by atoms with van der Waals surface area (Å²) < 4.78 is 6.55. The molecule has 2 aromatic rings. The van der Waals surface area contributed by atoms with Crippen molar-refractivity contribution in [3.63, 3.8) is 0 Å². The molecule has 5 nitrogen and oxygen atoms in total. The molecule has 0 fully saturated rings. The minimum absolute atomic E-state index is 0.102. The number of methoxy groups -OCH3 is 1. The Hall–Kier alpha value is -2.30. The molecule has 0 unspecified atom stereocenters. The zero-order chi connectivity index (χ0) is 13.0. The highest BCUT2D eigenvalue weighted by molar-refractivity contribution is 5.76. The van der Waals surface area contributed by atoms with Crippen molar-refractivity contribution in [1.29, 1.82) is 0 Å². The molecule has 5 heteroatoms.